The lowest BCUT2D eigenvalue weighted by Gasteiger charge is -2.14. The lowest BCUT2D eigenvalue weighted by molar-refractivity contribution is -0.141. The second kappa shape index (κ2) is 8.54. The Kier molecular flexibility index (Phi) is 5.91. The summed E-state index contributed by atoms with van der Waals surface area (Å²) in [6, 6.07) is 15.0. The molecule has 0 saturated heterocycles. The van der Waals surface area contributed by atoms with Crippen molar-refractivity contribution >= 4 is 22.8 Å². The summed E-state index contributed by atoms with van der Waals surface area (Å²) in [4.78, 5) is 26.9. The summed E-state index contributed by atoms with van der Waals surface area (Å²) < 4.78 is 0. The number of hydrogen-bond donors (Lipinski definition) is 3. The quantitative estimate of drug-likeness (QED) is 0.571. The van der Waals surface area contributed by atoms with E-state index in [1.807, 2.05) is 37.4 Å². The average molecular weight is 364 g/mol. The minimum Gasteiger partial charge on any atom is -0.480 e. The third kappa shape index (κ3) is 4.97. The van der Waals surface area contributed by atoms with E-state index in [1.165, 1.54) is 11.1 Å². The predicted octanol–water partition coefficient (Wildman–Crippen LogP) is 3.61. The van der Waals surface area contributed by atoms with Gasteiger partial charge in [-0.15, -0.1) is 0 Å². The van der Waals surface area contributed by atoms with Crippen molar-refractivity contribution in [3.05, 3.63) is 71.4 Å². The van der Waals surface area contributed by atoms with Crippen molar-refractivity contribution in [2.24, 2.45) is 0 Å². The van der Waals surface area contributed by atoms with Gasteiger partial charge in [0.1, 0.15) is 6.04 Å². The van der Waals surface area contributed by atoms with Crippen molar-refractivity contribution < 1.29 is 14.7 Å². The fourth-order valence-electron chi connectivity index (χ4n) is 3.19. The highest BCUT2D eigenvalue weighted by atomic mass is 16.4. The number of benzene rings is 2. The van der Waals surface area contributed by atoms with Gasteiger partial charge in [0.25, 0.3) is 0 Å². The fraction of sp³-hybridized carbons (Fsp3) is 0.273. The minimum atomic E-state index is -1.02. The molecule has 1 unspecified atom stereocenters. The summed E-state index contributed by atoms with van der Waals surface area (Å²) in [5, 5.41) is 13.1. The van der Waals surface area contributed by atoms with Gasteiger partial charge in [-0.2, -0.15) is 0 Å². The summed E-state index contributed by atoms with van der Waals surface area (Å²) in [5.74, 6) is -1.25. The highest BCUT2D eigenvalue weighted by molar-refractivity contribution is 5.86. The van der Waals surface area contributed by atoms with Crippen molar-refractivity contribution in [1.29, 1.82) is 0 Å². The fourth-order valence-corrected chi connectivity index (χ4v) is 3.19. The maximum absolute atomic E-state index is 12.2. The summed E-state index contributed by atoms with van der Waals surface area (Å²) in [6.07, 6.45) is 3.86. The molecule has 0 aliphatic rings. The molecule has 0 saturated carbocycles. The molecule has 140 valence electrons. The van der Waals surface area contributed by atoms with Gasteiger partial charge in [0.05, 0.1) is 0 Å². The van der Waals surface area contributed by atoms with Crippen LogP contribution in [-0.2, 0) is 22.4 Å². The molecule has 0 aliphatic carbocycles. The molecule has 27 heavy (non-hydrogen) atoms. The van der Waals surface area contributed by atoms with Gasteiger partial charge in [0.15, 0.2) is 0 Å². The van der Waals surface area contributed by atoms with Crippen LogP contribution < -0.4 is 5.32 Å². The number of aromatic nitrogens is 1. The summed E-state index contributed by atoms with van der Waals surface area (Å²) in [6.45, 7) is 2.04. The van der Waals surface area contributed by atoms with Crippen molar-refractivity contribution in [2.45, 2.75) is 38.6 Å². The number of aliphatic carboxylic acids is 1. The molecule has 3 N–H and O–H groups in total. The SMILES string of the molecule is Cc1ccc(CCCC(=O)NC(Cc2c[nH]c3ccccc23)C(=O)O)cc1. The molecule has 1 heterocycles. The van der Waals surface area contributed by atoms with Gasteiger partial charge < -0.3 is 15.4 Å². The predicted molar refractivity (Wildman–Crippen MR) is 106 cm³/mol. The molecule has 2 aromatic carbocycles. The topological polar surface area (TPSA) is 82.2 Å². The Labute approximate surface area is 158 Å². The zero-order valence-electron chi connectivity index (χ0n) is 15.4. The first-order chi connectivity index (χ1) is 13.0. The van der Waals surface area contributed by atoms with Crippen molar-refractivity contribution in [3.63, 3.8) is 0 Å². The largest absolute Gasteiger partial charge is 0.480 e. The number of carbonyl (C=O) groups is 2. The van der Waals surface area contributed by atoms with E-state index in [0.29, 0.717) is 12.8 Å². The molecule has 5 heteroatoms. The van der Waals surface area contributed by atoms with Crippen LogP contribution in [0.4, 0.5) is 0 Å². The van der Waals surface area contributed by atoms with Gasteiger partial charge in [-0.25, -0.2) is 4.79 Å². The monoisotopic (exact) mass is 364 g/mol. The summed E-state index contributed by atoms with van der Waals surface area (Å²) in [7, 11) is 0. The molecule has 0 bridgehead atoms. The van der Waals surface area contributed by atoms with Gasteiger partial charge in [0.2, 0.25) is 5.91 Å². The first-order valence-electron chi connectivity index (χ1n) is 9.15. The number of carbonyl (C=O) groups excluding carboxylic acids is 1. The molecular formula is C22H24N2O3. The normalized spacial score (nSPS) is 12.0. The Hall–Kier alpha value is -3.08. The van der Waals surface area contributed by atoms with E-state index in [-0.39, 0.29) is 12.3 Å². The maximum Gasteiger partial charge on any atom is 0.326 e. The molecule has 0 aliphatic heterocycles. The Morgan fingerprint density at radius 1 is 1.11 bits per heavy atom. The molecule has 1 atom stereocenters. The molecule has 5 nitrogen and oxygen atoms in total. The highest BCUT2D eigenvalue weighted by Crippen LogP contribution is 2.19. The zero-order chi connectivity index (χ0) is 19.2. The number of H-pyrrole nitrogens is 1. The van der Waals surface area contributed by atoms with E-state index in [9.17, 15) is 14.7 Å². The van der Waals surface area contributed by atoms with Gasteiger partial charge in [-0.3, -0.25) is 4.79 Å². The van der Waals surface area contributed by atoms with E-state index >= 15 is 0 Å². The first kappa shape index (κ1) is 18.7. The van der Waals surface area contributed by atoms with Crippen LogP contribution in [0.5, 0.6) is 0 Å². The number of hydrogen-bond acceptors (Lipinski definition) is 2. The number of fused-ring (bicyclic) bond motifs is 1. The number of carboxylic acid groups (broad SMARTS) is 1. The van der Waals surface area contributed by atoms with Crippen LogP contribution in [0, 0.1) is 6.92 Å². The van der Waals surface area contributed by atoms with Gasteiger partial charge >= 0.3 is 5.97 Å². The van der Waals surface area contributed by atoms with Crippen molar-refractivity contribution in [2.75, 3.05) is 0 Å². The number of carboxylic acids is 1. The van der Waals surface area contributed by atoms with E-state index in [0.717, 1.165) is 22.9 Å². The van der Waals surface area contributed by atoms with E-state index in [1.54, 1.807) is 0 Å². The molecular weight excluding hydrogens is 340 g/mol. The Bertz CT molecular complexity index is 928. The van der Waals surface area contributed by atoms with Crippen LogP contribution in [0.2, 0.25) is 0 Å². The van der Waals surface area contributed by atoms with Crippen LogP contribution in [0.1, 0.15) is 29.5 Å². The molecule has 3 aromatic rings. The second-order valence-corrected chi connectivity index (χ2v) is 6.86. The Balaban J connectivity index is 1.55. The minimum absolute atomic E-state index is 0.227. The standard InChI is InChI=1S/C22H24N2O3/c1-15-9-11-16(12-10-15)5-4-8-21(25)24-20(22(26)27)13-17-14-23-19-7-3-2-6-18(17)19/h2-3,6-7,9-12,14,20,23H,4-5,8,13H2,1H3,(H,24,25)(H,26,27). The molecule has 1 aromatic heterocycles. The summed E-state index contributed by atoms with van der Waals surface area (Å²) in [5.41, 5.74) is 4.24. The zero-order valence-corrected chi connectivity index (χ0v) is 15.4. The average Bonchev–Trinajstić information content (AvgIpc) is 3.06. The van der Waals surface area contributed by atoms with E-state index in [4.69, 9.17) is 0 Å². The maximum atomic E-state index is 12.2. The number of nitrogens with one attached hydrogen (secondary N) is 2. The van der Waals surface area contributed by atoms with E-state index in [2.05, 4.69) is 34.6 Å². The number of para-hydroxylation sites is 1. The van der Waals surface area contributed by atoms with Crippen LogP contribution in [-0.4, -0.2) is 28.0 Å². The molecule has 0 radical (unpaired) electrons. The number of amides is 1. The molecule has 0 fully saturated rings. The van der Waals surface area contributed by atoms with E-state index < -0.39 is 12.0 Å². The van der Waals surface area contributed by atoms with Crippen LogP contribution in [0.25, 0.3) is 10.9 Å². The summed E-state index contributed by atoms with van der Waals surface area (Å²) >= 11 is 0. The van der Waals surface area contributed by atoms with Gasteiger partial charge in [-0.1, -0.05) is 48.0 Å². The molecule has 1 amide bonds. The van der Waals surface area contributed by atoms with Gasteiger partial charge in [0, 0.05) is 29.9 Å². The van der Waals surface area contributed by atoms with Gasteiger partial charge in [-0.05, 0) is 37.0 Å². The van der Waals surface area contributed by atoms with Crippen LogP contribution in [0.15, 0.2) is 54.7 Å². The second-order valence-electron chi connectivity index (χ2n) is 6.86. The highest BCUT2D eigenvalue weighted by Gasteiger charge is 2.21. The first-order valence-corrected chi connectivity index (χ1v) is 9.15. The number of rotatable bonds is 8. The van der Waals surface area contributed by atoms with Crippen molar-refractivity contribution in [3.8, 4) is 0 Å². The van der Waals surface area contributed by atoms with Crippen LogP contribution in [0.3, 0.4) is 0 Å². The van der Waals surface area contributed by atoms with Crippen LogP contribution >= 0.6 is 0 Å². The Morgan fingerprint density at radius 3 is 2.59 bits per heavy atom. The number of aromatic amines is 1. The smallest absolute Gasteiger partial charge is 0.326 e. The lowest BCUT2D eigenvalue weighted by atomic mass is 10.0. The van der Waals surface area contributed by atoms with Crippen molar-refractivity contribution in [1.82, 2.24) is 10.3 Å². The number of aryl methyl sites for hydroxylation is 2. The third-order valence-corrected chi connectivity index (χ3v) is 4.72. The third-order valence-electron chi connectivity index (χ3n) is 4.72. The lowest BCUT2D eigenvalue weighted by Crippen LogP contribution is -2.42. The Morgan fingerprint density at radius 2 is 1.85 bits per heavy atom. The molecule has 3 rings (SSSR count). The molecule has 0 spiro atoms.